The fourth-order valence-corrected chi connectivity index (χ4v) is 4.51. The number of hydrogen-bond donors (Lipinski definition) is 2. The van der Waals surface area contributed by atoms with Gasteiger partial charge < -0.3 is 24.6 Å². The third-order valence-electron chi connectivity index (χ3n) is 6.19. The number of benzene rings is 2. The number of aryl methyl sites for hydroxylation is 1. The fraction of sp³-hybridized carbons (Fsp3) is 0.269. The molecule has 4 rings (SSSR count). The van der Waals surface area contributed by atoms with Gasteiger partial charge in [0, 0.05) is 35.8 Å². The minimum Gasteiger partial charge on any atom is -0.435 e. The topological polar surface area (TPSA) is 101 Å². The Morgan fingerprint density at radius 1 is 1.14 bits per heavy atom. The molecule has 2 amide bonds. The van der Waals surface area contributed by atoms with Gasteiger partial charge in [-0.3, -0.25) is 14.4 Å². The lowest BCUT2D eigenvalue weighted by atomic mass is 9.94. The van der Waals surface area contributed by atoms with Crippen LogP contribution < -0.4 is 20.5 Å². The van der Waals surface area contributed by atoms with Crippen LogP contribution in [0.5, 0.6) is 5.75 Å². The minimum absolute atomic E-state index is 0.0696. The average molecular weight is 532 g/mol. The van der Waals surface area contributed by atoms with Gasteiger partial charge in [0.15, 0.2) is 0 Å². The Hall–Kier alpha value is -3.76. The highest BCUT2D eigenvalue weighted by Gasteiger charge is 2.44. The van der Waals surface area contributed by atoms with E-state index in [-0.39, 0.29) is 36.7 Å². The van der Waals surface area contributed by atoms with Gasteiger partial charge in [-0.25, -0.2) is 0 Å². The quantitative estimate of drug-likeness (QED) is 0.464. The Bertz CT molecular complexity index is 1350. The molecule has 194 valence electrons. The summed E-state index contributed by atoms with van der Waals surface area (Å²) in [6.07, 6.45) is 1.55. The molecule has 0 saturated carbocycles. The monoisotopic (exact) mass is 531 g/mol. The first-order valence-corrected chi connectivity index (χ1v) is 11.8. The smallest absolute Gasteiger partial charge is 0.387 e. The summed E-state index contributed by atoms with van der Waals surface area (Å²) in [6.45, 7) is -1.35. The lowest BCUT2D eigenvalue weighted by Crippen LogP contribution is -2.44. The number of halogens is 3. The van der Waals surface area contributed by atoms with Crippen LogP contribution in [0.3, 0.4) is 0 Å². The van der Waals surface area contributed by atoms with Gasteiger partial charge in [0.25, 0.3) is 11.5 Å². The fourth-order valence-electron chi connectivity index (χ4n) is 4.38. The van der Waals surface area contributed by atoms with E-state index in [1.54, 1.807) is 43.5 Å². The highest BCUT2D eigenvalue weighted by atomic mass is 35.5. The maximum absolute atomic E-state index is 13.7. The number of anilines is 1. The van der Waals surface area contributed by atoms with Gasteiger partial charge in [0.1, 0.15) is 17.5 Å². The molecule has 1 saturated heterocycles. The molecule has 1 fully saturated rings. The lowest BCUT2D eigenvalue weighted by Gasteiger charge is -2.20. The number of aromatic nitrogens is 1. The van der Waals surface area contributed by atoms with Gasteiger partial charge >= 0.3 is 6.61 Å². The Balaban J connectivity index is 1.67. The number of ether oxygens (including phenoxy) is 1. The van der Waals surface area contributed by atoms with Gasteiger partial charge in [0.05, 0.1) is 6.61 Å². The Kier molecular flexibility index (Phi) is 7.89. The molecule has 0 spiro atoms. The van der Waals surface area contributed by atoms with E-state index in [1.165, 1.54) is 33.7 Å². The SMILES string of the molecule is Cc1ccn(CCO)c(=O)c1N1C[C@@H](c2ccc(Cl)cc2)[C@H](NC(=O)c2ccc(OC(F)F)cc2)C1=O. The lowest BCUT2D eigenvalue weighted by molar-refractivity contribution is -0.118. The second-order valence-electron chi connectivity index (χ2n) is 8.53. The maximum Gasteiger partial charge on any atom is 0.387 e. The number of pyridine rings is 1. The van der Waals surface area contributed by atoms with E-state index in [1.807, 2.05) is 0 Å². The first kappa shape index (κ1) is 26.3. The van der Waals surface area contributed by atoms with E-state index in [9.17, 15) is 28.3 Å². The van der Waals surface area contributed by atoms with Gasteiger partial charge in [-0.15, -0.1) is 0 Å². The number of aliphatic hydroxyl groups excluding tert-OH is 1. The second-order valence-corrected chi connectivity index (χ2v) is 8.97. The summed E-state index contributed by atoms with van der Waals surface area (Å²) in [5.41, 5.74) is 1.19. The molecule has 3 aromatic rings. The molecule has 2 N–H and O–H groups in total. The zero-order valence-electron chi connectivity index (χ0n) is 19.7. The molecule has 1 aliphatic heterocycles. The summed E-state index contributed by atoms with van der Waals surface area (Å²) in [7, 11) is 0. The van der Waals surface area contributed by atoms with E-state index in [2.05, 4.69) is 10.1 Å². The summed E-state index contributed by atoms with van der Waals surface area (Å²) in [5, 5.41) is 12.5. The van der Waals surface area contributed by atoms with Crippen molar-refractivity contribution in [1.29, 1.82) is 0 Å². The summed E-state index contributed by atoms with van der Waals surface area (Å²) in [4.78, 5) is 41.2. The number of hydrogen-bond acceptors (Lipinski definition) is 5. The molecule has 2 aromatic carbocycles. The summed E-state index contributed by atoms with van der Waals surface area (Å²) in [6, 6.07) is 12.6. The van der Waals surface area contributed by atoms with Crippen LogP contribution in [0, 0.1) is 6.92 Å². The highest BCUT2D eigenvalue weighted by Crippen LogP contribution is 2.33. The Morgan fingerprint density at radius 2 is 1.81 bits per heavy atom. The molecule has 2 atom stereocenters. The van der Waals surface area contributed by atoms with Crippen LogP contribution in [0.2, 0.25) is 5.02 Å². The number of carbonyl (C=O) groups is 2. The predicted octanol–water partition coefficient (Wildman–Crippen LogP) is 3.33. The number of aliphatic hydroxyl groups is 1. The van der Waals surface area contributed by atoms with E-state index in [4.69, 9.17) is 11.6 Å². The maximum atomic E-state index is 13.7. The number of nitrogens with one attached hydrogen (secondary N) is 1. The van der Waals surface area contributed by atoms with Gasteiger partial charge in [-0.05, 0) is 60.5 Å². The second kappa shape index (κ2) is 11.1. The average Bonchev–Trinajstić information content (AvgIpc) is 3.17. The standard InChI is InChI=1S/C26H24ClF2N3O5/c1-15-10-11-31(12-13-33)25(36)22(15)32-14-20(16-2-6-18(27)7-3-16)21(24(32)35)30-23(34)17-4-8-19(9-5-17)37-26(28)29/h2-11,20-21,26,33H,12-14H2,1H3,(H,30,34)/t20-,21-/m0/s1. The van der Waals surface area contributed by atoms with Crippen molar-refractivity contribution in [2.45, 2.75) is 32.0 Å². The van der Waals surface area contributed by atoms with Crippen LogP contribution in [-0.2, 0) is 11.3 Å². The first-order chi connectivity index (χ1) is 17.7. The van der Waals surface area contributed by atoms with E-state index in [0.29, 0.717) is 10.6 Å². The van der Waals surface area contributed by atoms with Crippen LogP contribution >= 0.6 is 11.6 Å². The van der Waals surface area contributed by atoms with Crippen molar-refractivity contribution in [3.8, 4) is 5.75 Å². The van der Waals surface area contributed by atoms with Crippen molar-refractivity contribution in [2.75, 3.05) is 18.1 Å². The molecule has 2 heterocycles. The van der Waals surface area contributed by atoms with Crippen molar-refractivity contribution in [3.63, 3.8) is 0 Å². The van der Waals surface area contributed by atoms with Crippen molar-refractivity contribution in [2.24, 2.45) is 0 Å². The molecule has 1 aromatic heterocycles. The van der Waals surface area contributed by atoms with Crippen LogP contribution in [0.4, 0.5) is 14.5 Å². The van der Waals surface area contributed by atoms with E-state index in [0.717, 1.165) is 5.56 Å². The number of carbonyl (C=O) groups excluding carboxylic acids is 2. The van der Waals surface area contributed by atoms with Crippen LogP contribution in [0.1, 0.15) is 27.4 Å². The molecular weight excluding hydrogens is 508 g/mol. The predicted molar refractivity (Wildman–Crippen MR) is 133 cm³/mol. The van der Waals surface area contributed by atoms with Crippen molar-refractivity contribution in [3.05, 3.63) is 92.9 Å². The van der Waals surface area contributed by atoms with E-state index < -0.39 is 35.9 Å². The molecule has 0 radical (unpaired) electrons. The minimum atomic E-state index is -3.00. The molecule has 37 heavy (non-hydrogen) atoms. The Morgan fingerprint density at radius 3 is 2.43 bits per heavy atom. The highest BCUT2D eigenvalue weighted by molar-refractivity contribution is 6.30. The normalized spacial score (nSPS) is 17.4. The summed E-state index contributed by atoms with van der Waals surface area (Å²) < 4.78 is 30.5. The molecule has 0 unspecified atom stereocenters. The Labute approximate surface area is 216 Å². The number of alkyl halides is 2. The zero-order chi connectivity index (χ0) is 26.7. The largest absolute Gasteiger partial charge is 0.435 e. The van der Waals surface area contributed by atoms with Crippen LogP contribution in [0.25, 0.3) is 0 Å². The molecular formula is C26H24ClF2N3O5. The van der Waals surface area contributed by atoms with Crippen molar-refractivity contribution >= 4 is 29.1 Å². The number of nitrogens with zero attached hydrogens (tertiary/aromatic N) is 2. The summed E-state index contributed by atoms with van der Waals surface area (Å²) in [5.74, 6) is -1.69. The zero-order valence-corrected chi connectivity index (χ0v) is 20.5. The summed E-state index contributed by atoms with van der Waals surface area (Å²) >= 11 is 6.04. The number of rotatable bonds is 8. The molecule has 8 nitrogen and oxygen atoms in total. The molecule has 0 aliphatic carbocycles. The third kappa shape index (κ3) is 5.65. The molecule has 0 bridgehead atoms. The molecule has 1 aliphatic rings. The molecule has 11 heteroatoms. The van der Waals surface area contributed by atoms with Crippen molar-refractivity contribution in [1.82, 2.24) is 9.88 Å². The first-order valence-electron chi connectivity index (χ1n) is 11.4. The van der Waals surface area contributed by atoms with Gasteiger partial charge in [0.2, 0.25) is 5.91 Å². The van der Waals surface area contributed by atoms with E-state index >= 15 is 0 Å². The number of amides is 2. The van der Waals surface area contributed by atoms with Gasteiger partial charge in [-0.2, -0.15) is 8.78 Å². The van der Waals surface area contributed by atoms with Crippen molar-refractivity contribution < 1.29 is 28.2 Å². The van der Waals surface area contributed by atoms with Gasteiger partial charge in [-0.1, -0.05) is 23.7 Å². The van der Waals surface area contributed by atoms with Crippen LogP contribution in [0.15, 0.2) is 65.6 Å². The van der Waals surface area contributed by atoms with Crippen LogP contribution in [-0.4, -0.2) is 47.3 Å². The third-order valence-corrected chi connectivity index (χ3v) is 6.44.